The second kappa shape index (κ2) is 5.84. The van der Waals surface area contributed by atoms with Crippen LogP contribution in [-0.4, -0.2) is 36.3 Å². The van der Waals surface area contributed by atoms with Gasteiger partial charge in [-0.05, 0) is 31.0 Å². The van der Waals surface area contributed by atoms with E-state index < -0.39 is 0 Å². The first-order valence-corrected chi connectivity index (χ1v) is 6.50. The summed E-state index contributed by atoms with van der Waals surface area (Å²) in [4.78, 5) is 25.3. The van der Waals surface area contributed by atoms with E-state index in [2.05, 4.69) is 0 Å². The highest BCUT2D eigenvalue weighted by atomic mass is 16.2. The van der Waals surface area contributed by atoms with Crippen LogP contribution in [0.25, 0.3) is 0 Å². The van der Waals surface area contributed by atoms with Crippen molar-refractivity contribution < 1.29 is 9.59 Å². The van der Waals surface area contributed by atoms with Crippen LogP contribution in [0.15, 0.2) is 24.3 Å². The summed E-state index contributed by atoms with van der Waals surface area (Å²) < 4.78 is 0. The van der Waals surface area contributed by atoms with Gasteiger partial charge in [-0.3, -0.25) is 9.59 Å². The summed E-state index contributed by atoms with van der Waals surface area (Å²) in [6.45, 7) is 1.52. The minimum Gasteiger partial charge on any atom is -0.369 e. The summed E-state index contributed by atoms with van der Waals surface area (Å²) in [6, 6.07) is 7.47. The Morgan fingerprint density at radius 3 is 2.68 bits per heavy atom. The smallest absolute Gasteiger partial charge is 0.254 e. The quantitative estimate of drug-likeness (QED) is 0.807. The molecule has 1 atom stereocenters. The van der Waals surface area contributed by atoms with E-state index in [0.29, 0.717) is 38.0 Å². The Hall–Kier alpha value is -1.88. The summed E-state index contributed by atoms with van der Waals surface area (Å²) in [5.41, 5.74) is 12.5. The number of nitrogens with zero attached hydrogens (tertiary/aromatic N) is 1. The minimum absolute atomic E-state index is 0.0344. The minimum atomic E-state index is -0.328. The molecule has 5 nitrogen and oxygen atoms in total. The molecule has 1 aromatic rings. The molecule has 1 aromatic carbocycles. The van der Waals surface area contributed by atoms with Crippen molar-refractivity contribution in [1.29, 1.82) is 0 Å². The highest BCUT2D eigenvalue weighted by Gasteiger charge is 2.30. The Morgan fingerprint density at radius 2 is 2.05 bits per heavy atom. The molecule has 0 saturated carbocycles. The van der Waals surface area contributed by atoms with Crippen LogP contribution in [0.2, 0.25) is 0 Å². The SMILES string of the molecule is NCCc1ccccc1C(=O)N1CCC(C(N)=O)C1. The van der Waals surface area contributed by atoms with Crippen molar-refractivity contribution in [2.24, 2.45) is 17.4 Å². The largest absolute Gasteiger partial charge is 0.369 e. The zero-order valence-electron chi connectivity index (χ0n) is 10.8. The van der Waals surface area contributed by atoms with E-state index in [0.717, 1.165) is 5.56 Å². The van der Waals surface area contributed by atoms with Crippen LogP contribution >= 0.6 is 0 Å². The molecular weight excluding hydrogens is 242 g/mol. The van der Waals surface area contributed by atoms with Crippen LogP contribution in [0.1, 0.15) is 22.3 Å². The maximum absolute atomic E-state index is 12.4. The summed E-state index contributed by atoms with van der Waals surface area (Å²) in [5, 5.41) is 0. The third-order valence-corrected chi connectivity index (χ3v) is 3.54. The van der Waals surface area contributed by atoms with Crippen molar-refractivity contribution in [2.45, 2.75) is 12.8 Å². The average molecular weight is 261 g/mol. The number of likely N-dealkylation sites (tertiary alicyclic amines) is 1. The molecule has 1 unspecified atom stereocenters. The Balaban J connectivity index is 2.14. The molecule has 0 spiro atoms. The van der Waals surface area contributed by atoms with Crippen LogP contribution < -0.4 is 11.5 Å². The average Bonchev–Trinajstić information content (AvgIpc) is 2.89. The Morgan fingerprint density at radius 1 is 1.32 bits per heavy atom. The number of hydrogen-bond acceptors (Lipinski definition) is 3. The fourth-order valence-corrected chi connectivity index (χ4v) is 2.45. The molecule has 2 amide bonds. The van der Waals surface area contributed by atoms with Gasteiger partial charge in [0.05, 0.1) is 5.92 Å². The molecule has 1 aliphatic rings. The molecule has 4 N–H and O–H groups in total. The van der Waals surface area contributed by atoms with Gasteiger partial charge < -0.3 is 16.4 Å². The molecule has 0 aromatic heterocycles. The number of hydrogen-bond donors (Lipinski definition) is 2. The lowest BCUT2D eigenvalue weighted by atomic mass is 10.0. The molecule has 1 aliphatic heterocycles. The molecule has 1 saturated heterocycles. The number of carbonyl (C=O) groups excluding carboxylic acids is 2. The van der Waals surface area contributed by atoms with E-state index in [4.69, 9.17) is 11.5 Å². The first-order valence-electron chi connectivity index (χ1n) is 6.50. The van der Waals surface area contributed by atoms with Crippen molar-refractivity contribution in [1.82, 2.24) is 4.90 Å². The van der Waals surface area contributed by atoms with Crippen LogP contribution in [0.3, 0.4) is 0 Å². The lowest BCUT2D eigenvalue weighted by Gasteiger charge is -2.18. The van der Waals surface area contributed by atoms with Gasteiger partial charge in [0.25, 0.3) is 5.91 Å². The topological polar surface area (TPSA) is 89.4 Å². The van der Waals surface area contributed by atoms with Gasteiger partial charge >= 0.3 is 0 Å². The van der Waals surface area contributed by atoms with Crippen molar-refractivity contribution in [3.63, 3.8) is 0 Å². The van der Waals surface area contributed by atoms with Gasteiger partial charge in [-0.15, -0.1) is 0 Å². The van der Waals surface area contributed by atoms with Gasteiger partial charge in [0.15, 0.2) is 0 Å². The van der Waals surface area contributed by atoms with Gasteiger partial charge in [0.1, 0.15) is 0 Å². The molecule has 0 bridgehead atoms. The third-order valence-electron chi connectivity index (χ3n) is 3.54. The van der Waals surface area contributed by atoms with Crippen molar-refractivity contribution in [3.05, 3.63) is 35.4 Å². The summed E-state index contributed by atoms with van der Waals surface area (Å²) in [6.07, 6.45) is 1.33. The number of amides is 2. The van der Waals surface area contributed by atoms with E-state index in [1.807, 2.05) is 24.3 Å². The number of carbonyl (C=O) groups is 2. The molecule has 19 heavy (non-hydrogen) atoms. The fourth-order valence-electron chi connectivity index (χ4n) is 2.45. The Labute approximate surface area is 112 Å². The highest BCUT2D eigenvalue weighted by Crippen LogP contribution is 2.20. The predicted octanol–water partition coefficient (Wildman–Crippen LogP) is 0.135. The van der Waals surface area contributed by atoms with Gasteiger partial charge in [0, 0.05) is 18.7 Å². The standard InChI is InChI=1S/C14H19N3O2/c15-7-5-10-3-1-2-4-12(10)14(19)17-8-6-11(9-17)13(16)18/h1-4,11H,5-9,15H2,(H2,16,18). The van der Waals surface area contributed by atoms with E-state index in [1.54, 1.807) is 4.90 Å². The third kappa shape index (κ3) is 2.93. The Kier molecular flexibility index (Phi) is 4.16. The van der Waals surface area contributed by atoms with E-state index in [-0.39, 0.29) is 17.7 Å². The van der Waals surface area contributed by atoms with Crippen molar-refractivity contribution in [2.75, 3.05) is 19.6 Å². The van der Waals surface area contributed by atoms with Gasteiger partial charge in [-0.25, -0.2) is 0 Å². The molecule has 0 aliphatic carbocycles. The highest BCUT2D eigenvalue weighted by molar-refractivity contribution is 5.96. The molecular formula is C14H19N3O2. The molecule has 2 rings (SSSR count). The van der Waals surface area contributed by atoms with Gasteiger partial charge in [0.2, 0.25) is 5.91 Å². The maximum Gasteiger partial charge on any atom is 0.254 e. The van der Waals surface area contributed by atoms with E-state index >= 15 is 0 Å². The van der Waals surface area contributed by atoms with Crippen LogP contribution in [0.4, 0.5) is 0 Å². The molecule has 1 heterocycles. The van der Waals surface area contributed by atoms with Crippen molar-refractivity contribution in [3.8, 4) is 0 Å². The molecule has 1 fully saturated rings. The van der Waals surface area contributed by atoms with Crippen LogP contribution in [0.5, 0.6) is 0 Å². The molecule has 5 heteroatoms. The fraction of sp³-hybridized carbons (Fsp3) is 0.429. The first kappa shape index (κ1) is 13.5. The monoisotopic (exact) mass is 261 g/mol. The van der Waals surface area contributed by atoms with Gasteiger partial charge in [-0.1, -0.05) is 18.2 Å². The van der Waals surface area contributed by atoms with Crippen LogP contribution in [-0.2, 0) is 11.2 Å². The second-order valence-electron chi connectivity index (χ2n) is 4.83. The number of rotatable bonds is 4. The summed E-state index contributed by atoms with van der Waals surface area (Å²) >= 11 is 0. The normalized spacial score (nSPS) is 18.6. The number of primary amides is 1. The lowest BCUT2D eigenvalue weighted by molar-refractivity contribution is -0.121. The van der Waals surface area contributed by atoms with E-state index in [1.165, 1.54) is 0 Å². The molecule has 102 valence electrons. The second-order valence-corrected chi connectivity index (χ2v) is 4.83. The number of nitrogens with two attached hydrogens (primary N) is 2. The zero-order valence-corrected chi connectivity index (χ0v) is 10.8. The predicted molar refractivity (Wildman–Crippen MR) is 72.4 cm³/mol. The Bertz CT molecular complexity index is 487. The summed E-state index contributed by atoms with van der Waals surface area (Å²) in [5.74, 6) is -0.580. The first-order chi connectivity index (χ1) is 9.13. The van der Waals surface area contributed by atoms with Crippen molar-refractivity contribution >= 4 is 11.8 Å². The van der Waals surface area contributed by atoms with Crippen LogP contribution in [0, 0.1) is 5.92 Å². The van der Waals surface area contributed by atoms with E-state index in [9.17, 15) is 9.59 Å². The summed E-state index contributed by atoms with van der Waals surface area (Å²) in [7, 11) is 0. The maximum atomic E-state index is 12.4. The lowest BCUT2D eigenvalue weighted by Crippen LogP contribution is -2.32. The molecule has 0 radical (unpaired) electrons. The number of benzene rings is 1. The zero-order chi connectivity index (χ0) is 13.8. The van der Waals surface area contributed by atoms with Gasteiger partial charge in [-0.2, -0.15) is 0 Å².